The molecular formula is C13H20N2O2. The number of imide groups is 1. The Morgan fingerprint density at radius 1 is 1.47 bits per heavy atom. The van der Waals surface area contributed by atoms with E-state index in [2.05, 4.69) is 18.0 Å². The Kier molecular flexibility index (Phi) is 4.10. The lowest BCUT2D eigenvalue weighted by molar-refractivity contribution is -0.130. The first-order valence-corrected chi connectivity index (χ1v) is 5.79. The van der Waals surface area contributed by atoms with Crippen LogP contribution in [-0.4, -0.2) is 28.9 Å². The zero-order valence-corrected chi connectivity index (χ0v) is 10.7. The number of carbonyl (C=O) groups excluding carboxylic acids is 2. The number of allylic oxidation sites excluding steroid dienone is 2. The lowest BCUT2D eigenvalue weighted by Gasteiger charge is -2.20. The maximum atomic E-state index is 12.1. The fourth-order valence-electron chi connectivity index (χ4n) is 1.86. The van der Waals surface area contributed by atoms with Crippen LogP contribution in [0.4, 0.5) is 4.79 Å². The lowest BCUT2D eigenvalue weighted by atomic mass is 9.95. The Balaban J connectivity index is 2.71. The van der Waals surface area contributed by atoms with Gasteiger partial charge in [0.2, 0.25) is 0 Å². The molecule has 17 heavy (non-hydrogen) atoms. The van der Waals surface area contributed by atoms with Gasteiger partial charge in [-0.05, 0) is 33.6 Å². The summed E-state index contributed by atoms with van der Waals surface area (Å²) in [7, 11) is 0. The molecule has 94 valence electrons. The van der Waals surface area contributed by atoms with Crippen molar-refractivity contribution in [1.82, 2.24) is 10.2 Å². The first-order valence-electron chi connectivity index (χ1n) is 5.79. The van der Waals surface area contributed by atoms with Crippen LogP contribution in [0.1, 0.15) is 33.6 Å². The third-order valence-electron chi connectivity index (χ3n) is 2.85. The summed E-state index contributed by atoms with van der Waals surface area (Å²) in [6.45, 7) is 9.61. The molecule has 1 aliphatic heterocycles. The predicted octanol–water partition coefficient (Wildman–Crippen LogP) is 2.23. The second kappa shape index (κ2) is 5.17. The lowest BCUT2D eigenvalue weighted by Crippen LogP contribution is -2.43. The van der Waals surface area contributed by atoms with E-state index in [9.17, 15) is 9.59 Å². The minimum absolute atomic E-state index is 0.162. The smallest absolute Gasteiger partial charge is 0.323 e. The number of nitrogens with zero attached hydrogens (tertiary/aromatic N) is 1. The van der Waals surface area contributed by atoms with E-state index in [4.69, 9.17) is 0 Å². The highest BCUT2D eigenvalue weighted by molar-refractivity contribution is 6.06. The highest BCUT2D eigenvalue weighted by Gasteiger charge is 2.46. The quantitative estimate of drug-likeness (QED) is 0.588. The van der Waals surface area contributed by atoms with E-state index in [0.29, 0.717) is 6.42 Å². The van der Waals surface area contributed by atoms with Gasteiger partial charge in [0.25, 0.3) is 5.91 Å². The molecule has 4 nitrogen and oxygen atoms in total. The van der Waals surface area contributed by atoms with Crippen LogP contribution >= 0.6 is 0 Å². The predicted molar refractivity (Wildman–Crippen MR) is 67.5 cm³/mol. The summed E-state index contributed by atoms with van der Waals surface area (Å²) in [6.07, 6.45) is 5.03. The normalized spacial score (nSPS) is 23.6. The minimum atomic E-state index is -0.772. The molecule has 1 atom stereocenters. The number of amides is 3. The number of carbonyl (C=O) groups is 2. The standard InChI is InChI=1S/C13H20N2O2/c1-5-9-15-11(16)13(4,14-12(15)17)8-6-7-10(2)3/h5,7H,1,6,8-9H2,2-4H3,(H,14,17)/t13-/m0/s1. The van der Waals surface area contributed by atoms with E-state index in [1.807, 2.05) is 13.8 Å². The zero-order chi connectivity index (χ0) is 13.1. The highest BCUT2D eigenvalue weighted by atomic mass is 16.2. The molecule has 1 aliphatic rings. The van der Waals surface area contributed by atoms with Gasteiger partial charge in [-0.15, -0.1) is 6.58 Å². The van der Waals surface area contributed by atoms with E-state index in [1.165, 1.54) is 10.5 Å². The van der Waals surface area contributed by atoms with E-state index in [-0.39, 0.29) is 18.5 Å². The van der Waals surface area contributed by atoms with Crippen molar-refractivity contribution in [1.29, 1.82) is 0 Å². The molecular weight excluding hydrogens is 216 g/mol. The Hall–Kier alpha value is -1.58. The van der Waals surface area contributed by atoms with E-state index < -0.39 is 5.54 Å². The van der Waals surface area contributed by atoms with Crippen LogP contribution in [0.3, 0.4) is 0 Å². The maximum Gasteiger partial charge on any atom is 0.325 e. The fourth-order valence-corrected chi connectivity index (χ4v) is 1.86. The van der Waals surface area contributed by atoms with Crippen LogP contribution in [0.25, 0.3) is 0 Å². The number of nitrogens with one attached hydrogen (secondary N) is 1. The topological polar surface area (TPSA) is 49.4 Å². The summed E-state index contributed by atoms with van der Waals surface area (Å²) in [5, 5.41) is 2.75. The van der Waals surface area contributed by atoms with E-state index in [0.717, 1.165) is 6.42 Å². The highest BCUT2D eigenvalue weighted by Crippen LogP contribution is 2.23. The maximum absolute atomic E-state index is 12.1. The molecule has 0 bridgehead atoms. The zero-order valence-electron chi connectivity index (χ0n) is 10.7. The van der Waals surface area contributed by atoms with E-state index >= 15 is 0 Å². The molecule has 1 rings (SSSR count). The second-order valence-electron chi connectivity index (χ2n) is 4.79. The summed E-state index contributed by atoms with van der Waals surface area (Å²) < 4.78 is 0. The molecule has 1 fully saturated rings. The van der Waals surface area contributed by atoms with Crippen LogP contribution in [0.15, 0.2) is 24.3 Å². The molecule has 3 amide bonds. The second-order valence-corrected chi connectivity index (χ2v) is 4.79. The monoisotopic (exact) mass is 236 g/mol. The Morgan fingerprint density at radius 3 is 2.65 bits per heavy atom. The van der Waals surface area contributed by atoms with Crippen molar-refractivity contribution < 1.29 is 9.59 Å². The summed E-state index contributed by atoms with van der Waals surface area (Å²) >= 11 is 0. The van der Waals surface area contributed by atoms with Gasteiger partial charge < -0.3 is 5.32 Å². The Labute approximate surface area is 102 Å². The molecule has 1 N–H and O–H groups in total. The summed E-state index contributed by atoms with van der Waals surface area (Å²) in [6, 6.07) is -0.324. The van der Waals surface area contributed by atoms with Crippen molar-refractivity contribution in [3.63, 3.8) is 0 Å². The van der Waals surface area contributed by atoms with Gasteiger partial charge in [-0.25, -0.2) is 4.79 Å². The summed E-state index contributed by atoms with van der Waals surface area (Å²) in [5.74, 6) is -0.162. The summed E-state index contributed by atoms with van der Waals surface area (Å²) in [5.41, 5.74) is 0.444. The molecule has 1 heterocycles. The largest absolute Gasteiger partial charge is 0.325 e. The van der Waals surface area contributed by atoms with Crippen LogP contribution in [0.5, 0.6) is 0 Å². The van der Waals surface area contributed by atoms with Gasteiger partial charge in [-0.3, -0.25) is 9.69 Å². The number of hydrogen-bond acceptors (Lipinski definition) is 2. The minimum Gasteiger partial charge on any atom is -0.323 e. The van der Waals surface area contributed by atoms with Crippen LogP contribution in [-0.2, 0) is 4.79 Å². The van der Waals surface area contributed by atoms with Crippen molar-refractivity contribution in [3.8, 4) is 0 Å². The molecule has 0 aliphatic carbocycles. The van der Waals surface area contributed by atoms with E-state index in [1.54, 1.807) is 13.0 Å². The molecule has 0 aromatic carbocycles. The molecule has 1 saturated heterocycles. The van der Waals surface area contributed by atoms with Crippen molar-refractivity contribution in [3.05, 3.63) is 24.3 Å². The van der Waals surface area contributed by atoms with Crippen molar-refractivity contribution in [2.45, 2.75) is 39.2 Å². The molecule has 0 spiro atoms. The average molecular weight is 236 g/mol. The first kappa shape index (κ1) is 13.5. The third-order valence-corrected chi connectivity index (χ3v) is 2.85. The molecule has 4 heteroatoms. The number of urea groups is 1. The van der Waals surface area contributed by atoms with Crippen LogP contribution in [0, 0.1) is 0 Å². The third kappa shape index (κ3) is 2.96. The molecule has 0 unspecified atom stereocenters. The van der Waals surface area contributed by atoms with Crippen molar-refractivity contribution in [2.24, 2.45) is 0 Å². The van der Waals surface area contributed by atoms with Crippen molar-refractivity contribution >= 4 is 11.9 Å². The van der Waals surface area contributed by atoms with Gasteiger partial charge in [-0.2, -0.15) is 0 Å². The number of rotatable bonds is 5. The van der Waals surface area contributed by atoms with Gasteiger partial charge in [0, 0.05) is 6.54 Å². The van der Waals surface area contributed by atoms with Crippen LogP contribution in [0.2, 0.25) is 0 Å². The molecule has 0 aromatic heterocycles. The summed E-state index contributed by atoms with van der Waals surface area (Å²) in [4.78, 5) is 24.9. The van der Waals surface area contributed by atoms with Gasteiger partial charge >= 0.3 is 6.03 Å². The van der Waals surface area contributed by atoms with Gasteiger partial charge in [0.1, 0.15) is 5.54 Å². The molecule has 0 radical (unpaired) electrons. The number of hydrogen-bond donors (Lipinski definition) is 1. The molecule has 0 aromatic rings. The average Bonchev–Trinajstić information content (AvgIpc) is 2.42. The fraction of sp³-hybridized carbons (Fsp3) is 0.538. The van der Waals surface area contributed by atoms with Gasteiger partial charge in [0.05, 0.1) is 0 Å². The Morgan fingerprint density at radius 2 is 2.12 bits per heavy atom. The Bertz CT molecular complexity index is 370. The van der Waals surface area contributed by atoms with Gasteiger partial charge in [-0.1, -0.05) is 17.7 Å². The van der Waals surface area contributed by atoms with Crippen molar-refractivity contribution in [2.75, 3.05) is 6.54 Å². The SMILES string of the molecule is C=CCN1C(=O)N[C@@](C)(CCC=C(C)C)C1=O. The molecule has 0 saturated carbocycles. The first-order chi connectivity index (χ1) is 7.90. The van der Waals surface area contributed by atoms with Gasteiger partial charge in [0.15, 0.2) is 0 Å². The van der Waals surface area contributed by atoms with Crippen LogP contribution < -0.4 is 5.32 Å².